The molecule has 0 radical (unpaired) electrons. The van der Waals surface area contributed by atoms with Crippen LogP contribution in [0, 0.1) is 0 Å². The smallest absolute Gasteiger partial charge is 0.293 e. The molecular formula is C27H33N5O. The van der Waals surface area contributed by atoms with Gasteiger partial charge >= 0.3 is 0 Å². The average Bonchev–Trinajstić information content (AvgIpc) is 2.84. The van der Waals surface area contributed by atoms with Gasteiger partial charge in [-0.25, -0.2) is 4.98 Å². The number of likely N-dealkylation sites (tertiary alicyclic amines) is 1. The Morgan fingerprint density at radius 2 is 1.79 bits per heavy atom. The molecule has 0 saturated carbocycles. The Hall–Kier alpha value is -3.22. The number of benzene rings is 2. The van der Waals surface area contributed by atoms with Crippen LogP contribution in [0.2, 0.25) is 0 Å². The van der Waals surface area contributed by atoms with Crippen molar-refractivity contribution >= 4 is 11.9 Å². The molecule has 2 aromatic carbocycles. The second kappa shape index (κ2) is 11.1. The first kappa shape index (κ1) is 23.0. The quantitative estimate of drug-likeness (QED) is 0.555. The van der Waals surface area contributed by atoms with Gasteiger partial charge < -0.3 is 15.6 Å². The van der Waals surface area contributed by atoms with Gasteiger partial charge in [0.25, 0.3) is 5.56 Å². The molecule has 2 heterocycles. The van der Waals surface area contributed by atoms with Gasteiger partial charge in [-0.3, -0.25) is 9.69 Å². The molecule has 0 unspecified atom stereocenters. The van der Waals surface area contributed by atoms with Crippen molar-refractivity contribution in [3.8, 4) is 0 Å². The molecule has 3 aromatic rings. The molecule has 1 aliphatic rings. The Morgan fingerprint density at radius 1 is 1.09 bits per heavy atom. The fourth-order valence-electron chi connectivity index (χ4n) is 4.31. The van der Waals surface area contributed by atoms with Crippen molar-refractivity contribution in [1.29, 1.82) is 0 Å². The fraction of sp³-hybridized carbons (Fsp3) is 0.333. The maximum Gasteiger partial charge on any atom is 0.293 e. The molecule has 0 atom stereocenters. The molecule has 172 valence electrons. The first-order valence-corrected chi connectivity index (χ1v) is 11.6. The van der Waals surface area contributed by atoms with Crippen LogP contribution in [0.1, 0.15) is 36.5 Å². The maximum absolute atomic E-state index is 13.0. The van der Waals surface area contributed by atoms with E-state index in [1.54, 1.807) is 17.0 Å². The van der Waals surface area contributed by atoms with Gasteiger partial charge in [0.1, 0.15) is 0 Å². The van der Waals surface area contributed by atoms with Gasteiger partial charge in [0.05, 0.1) is 6.54 Å². The molecule has 1 aromatic heterocycles. The first-order valence-electron chi connectivity index (χ1n) is 11.6. The van der Waals surface area contributed by atoms with Crippen molar-refractivity contribution < 1.29 is 0 Å². The summed E-state index contributed by atoms with van der Waals surface area (Å²) in [5, 5.41) is 3.41. The third-order valence-electron chi connectivity index (χ3n) is 6.14. The third kappa shape index (κ3) is 6.40. The highest BCUT2D eigenvalue weighted by Crippen LogP contribution is 2.16. The number of nitrogens with two attached hydrogens (primary N) is 1. The van der Waals surface area contributed by atoms with Crippen LogP contribution in [-0.4, -0.2) is 40.1 Å². The summed E-state index contributed by atoms with van der Waals surface area (Å²) in [5.74, 6) is 0.440. The third-order valence-corrected chi connectivity index (χ3v) is 6.14. The monoisotopic (exact) mass is 443 g/mol. The average molecular weight is 444 g/mol. The predicted octanol–water partition coefficient (Wildman–Crippen LogP) is 3.73. The van der Waals surface area contributed by atoms with E-state index in [0.29, 0.717) is 18.9 Å². The molecule has 0 amide bonds. The van der Waals surface area contributed by atoms with Crippen molar-refractivity contribution in [2.24, 2.45) is 5.73 Å². The van der Waals surface area contributed by atoms with Gasteiger partial charge in [-0.2, -0.15) is 0 Å². The largest absolute Gasteiger partial charge is 0.363 e. The zero-order valence-electron chi connectivity index (χ0n) is 19.3. The van der Waals surface area contributed by atoms with Crippen molar-refractivity contribution in [3.63, 3.8) is 0 Å². The molecule has 1 saturated heterocycles. The van der Waals surface area contributed by atoms with E-state index >= 15 is 0 Å². The van der Waals surface area contributed by atoms with Crippen molar-refractivity contribution in [3.05, 3.63) is 99.6 Å². The number of aromatic nitrogens is 2. The molecule has 0 bridgehead atoms. The number of rotatable bonds is 8. The summed E-state index contributed by atoms with van der Waals surface area (Å²) >= 11 is 0. The molecular weight excluding hydrogens is 410 g/mol. The molecule has 3 N–H and O–H groups in total. The van der Waals surface area contributed by atoms with Crippen molar-refractivity contribution in [1.82, 2.24) is 14.5 Å². The highest BCUT2D eigenvalue weighted by atomic mass is 16.1. The standard InChI is InChI=1S/C27H33N5O/c1-21(17-22-5-3-2-4-6-22)19-31-14-11-25(12-15-31)30-26-27(33)32(16-13-29-26)20-24-9-7-23(18-28)8-10-24/h2-10,13,16-17,25H,11-12,14-15,18-20,28H2,1H3,(H,29,30). The second-order valence-electron chi connectivity index (χ2n) is 8.83. The van der Waals surface area contributed by atoms with E-state index in [-0.39, 0.29) is 11.6 Å². The molecule has 1 aliphatic heterocycles. The van der Waals surface area contributed by atoms with Crippen LogP contribution in [0.4, 0.5) is 5.82 Å². The Kier molecular flexibility index (Phi) is 7.70. The van der Waals surface area contributed by atoms with Crippen molar-refractivity contribution in [2.75, 3.05) is 25.0 Å². The normalized spacial score (nSPS) is 15.5. The summed E-state index contributed by atoms with van der Waals surface area (Å²) in [4.78, 5) is 19.8. The topological polar surface area (TPSA) is 76.2 Å². The summed E-state index contributed by atoms with van der Waals surface area (Å²) < 4.78 is 1.71. The van der Waals surface area contributed by atoms with E-state index in [9.17, 15) is 4.79 Å². The van der Waals surface area contributed by atoms with Gasteiger partial charge in [0, 0.05) is 44.6 Å². The zero-order valence-corrected chi connectivity index (χ0v) is 19.3. The van der Waals surface area contributed by atoms with Crippen LogP contribution >= 0.6 is 0 Å². The number of nitrogens with zero attached hydrogens (tertiary/aromatic N) is 3. The lowest BCUT2D eigenvalue weighted by Crippen LogP contribution is -2.41. The molecule has 4 rings (SSSR count). The molecule has 6 nitrogen and oxygen atoms in total. The molecule has 0 aliphatic carbocycles. The first-order chi connectivity index (χ1) is 16.1. The summed E-state index contributed by atoms with van der Waals surface area (Å²) in [6.07, 6.45) is 7.69. The van der Waals surface area contributed by atoms with Gasteiger partial charge in [-0.15, -0.1) is 0 Å². The molecule has 6 heteroatoms. The van der Waals surface area contributed by atoms with E-state index < -0.39 is 0 Å². The van der Waals surface area contributed by atoms with Gasteiger partial charge in [-0.1, -0.05) is 66.2 Å². The number of nitrogens with one attached hydrogen (secondary N) is 1. The number of hydrogen-bond donors (Lipinski definition) is 2. The van der Waals surface area contributed by atoms with Crippen LogP contribution in [0.15, 0.2) is 77.4 Å². The van der Waals surface area contributed by atoms with Crippen LogP contribution in [0.25, 0.3) is 6.08 Å². The minimum Gasteiger partial charge on any atom is -0.363 e. The fourth-order valence-corrected chi connectivity index (χ4v) is 4.31. The van der Waals surface area contributed by atoms with Crippen molar-refractivity contribution in [2.45, 2.75) is 38.9 Å². The molecule has 0 spiro atoms. The second-order valence-corrected chi connectivity index (χ2v) is 8.83. The van der Waals surface area contributed by atoms with Crippen LogP contribution in [0.5, 0.6) is 0 Å². The van der Waals surface area contributed by atoms with Gasteiger partial charge in [0.15, 0.2) is 5.82 Å². The lowest BCUT2D eigenvalue weighted by molar-refractivity contribution is 0.236. The van der Waals surface area contributed by atoms with E-state index in [1.807, 2.05) is 30.3 Å². The number of piperidine rings is 1. The summed E-state index contributed by atoms with van der Waals surface area (Å²) in [6.45, 7) is 6.22. The predicted molar refractivity (Wildman–Crippen MR) is 135 cm³/mol. The van der Waals surface area contributed by atoms with Gasteiger partial charge in [-0.05, 0) is 36.5 Å². The van der Waals surface area contributed by atoms with E-state index in [0.717, 1.165) is 43.6 Å². The highest BCUT2D eigenvalue weighted by molar-refractivity contribution is 5.52. The van der Waals surface area contributed by atoms with Crippen LogP contribution < -0.4 is 16.6 Å². The lowest BCUT2D eigenvalue weighted by atomic mass is 10.0. The lowest BCUT2D eigenvalue weighted by Gasteiger charge is -2.32. The van der Waals surface area contributed by atoms with Gasteiger partial charge in [0.2, 0.25) is 0 Å². The Labute approximate surface area is 195 Å². The molecule has 1 fully saturated rings. The summed E-state index contributed by atoms with van der Waals surface area (Å²) in [5.41, 5.74) is 10.3. The minimum atomic E-state index is -0.0792. The van der Waals surface area contributed by atoms with Crippen LogP contribution in [-0.2, 0) is 13.1 Å². The number of anilines is 1. The Bertz CT molecular complexity index is 1110. The SMILES string of the molecule is CC(=Cc1ccccc1)CN1CCC(Nc2nccn(Cc3ccc(CN)cc3)c2=O)CC1. The zero-order chi connectivity index (χ0) is 23.0. The minimum absolute atomic E-state index is 0.0792. The Morgan fingerprint density at radius 3 is 2.48 bits per heavy atom. The van der Waals surface area contributed by atoms with Crippen LogP contribution in [0.3, 0.4) is 0 Å². The highest BCUT2D eigenvalue weighted by Gasteiger charge is 2.20. The maximum atomic E-state index is 13.0. The number of hydrogen-bond acceptors (Lipinski definition) is 5. The van der Waals surface area contributed by atoms with E-state index in [2.05, 4.69) is 52.5 Å². The summed E-state index contributed by atoms with van der Waals surface area (Å²) in [6, 6.07) is 18.8. The van der Waals surface area contributed by atoms with E-state index in [1.165, 1.54) is 11.1 Å². The Balaban J connectivity index is 1.31. The molecule has 33 heavy (non-hydrogen) atoms. The van der Waals surface area contributed by atoms with E-state index in [4.69, 9.17) is 5.73 Å². The summed E-state index contributed by atoms with van der Waals surface area (Å²) in [7, 11) is 0.